The lowest BCUT2D eigenvalue weighted by Crippen LogP contribution is -2.25. The maximum atomic E-state index is 12.0. The van der Waals surface area contributed by atoms with Gasteiger partial charge in [-0.2, -0.15) is 0 Å². The summed E-state index contributed by atoms with van der Waals surface area (Å²) >= 11 is 0. The molecule has 1 saturated carbocycles. The highest BCUT2D eigenvalue weighted by Crippen LogP contribution is 2.34. The van der Waals surface area contributed by atoms with Gasteiger partial charge in [-0.1, -0.05) is 26.2 Å². The summed E-state index contributed by atoms with van der Waals surface area (Å²) in [4.78, 5) is 19.5. The number of ether oxygens (including phenoxy) is 1. The van der Waals surface area contributed by atoms with Gasteiger partial charge in [0.25, 0.3) is 5.56 Å². The molecule has 0 saturated heterocycles. The Bertz CT molecular complexity index is 476. The highest BCUT2D eigenvalue weighted by atomic mass is 16.5. The minimum absolute atomic E-state index is 0.0280. The lowest BCUT2D eigenvalue weighted by molar-refractivity contribution is 0.0285. The van der Waals surface area contributed by atoms with E-state index in [1.807, 2.05) is 13.8 Å². The molecule has 4 nitrogen and oxygen atoms in total. The van der Waals surface area contributed by atoms with Crippen LogP contribution in [0.2, 0.25) is 0 Å². The van der Waals surface area contributed by atoms with Gasteiger partial charge in [0.15, 0.2) is 0 Å². The molecule has 0 spiro atoms. The van der Waals surface area contributed by atoms with Crippen LogP contribution in [0, 0.1) is 12.8 Å². The molecule has 1 N–H and O–H groups in total. The number of rotatable bonds is 4. The molecule has 1 unspecified atom stereocenters. The Morgan fingerprint density at radius 3 is 2.63 bits per heavy atom. The second-order valence-corrected chi connectivity index (χ2v) is 5.43. The minimum atomic E-state index is -0.0705. The molecule has 0 radical (unpaired) electrons. The molecule has 1 fully saturated rings. The molecule has 1 heterocycles. The maximum Gasteiger partial charge on any atom is 0.254 e. The van der Waals surface area contributed by atoms with Crippen LogP contribution in [0.15, 0.2) is 4.79 Å². The van der Waals surface area contributed by atoms with E-state index < -0.39 is 0 Å². The van der Waals surface area contributed by atoms with Crippen LogP contribution < -0.4 is 5.56 Å². The van der Waals surface area contributed by atoms with Gasteiger partial charge in [-0.15, -0.1) is 0 Å². The van der Waals surface area contributed by atoms with Crippen molar-refractivity contribution in [2.24, 2.45) is 5.92 Å². The number of aryl methyl sites for hydroxylation is 1. The minimum Gasteiger partial charge on any atom is -0.373 e. The van der Waals surface area contributed by atoms with Crippen molar-refractivity contribution in [3.8, 4) is 0 Å². The summed E-state index contributed by atoms with van der Waals surface area (Å²) in [7, 11) is 1.71. The number of aromatic amines is 1. The molecular formula is C15H24N2O2. The first-order chi connectivity index (χ1) is 9.17. The second-order valence-electron chi connectivity index (χ2n) is 5.43. The van der Waals surface area contributed by atoms with Crippen LogP contribution in [-0.2, 0) is 11.2 Å². The van der Waals surface area contributed by atoms with E-state index >= 15 is 0 Å². The molecule has 2 rings (SSSR count). The molecular weight excluding hydrogens is 240 g/mol. The van der Waals surface area contributed by atoms with Gasteiger partial charge in [0.2, 0.25) is 0 Å². The Hall–Kier alpha value is -1.16. The zero-order chi connectivity index (χ0) is 13.8. The van der Waals surface area contributed by atoms with E-state index in [4.69, 9.17) is 4.74 Å². The highest BCUT2D eigenvalue weighted by Gasteiger charge is 2.27. The Morgan fingerprint density at radius 1 is 1.37 bits per heavy atom. The average Bonchev–Trinajstić information content (AvgIpc) is 2.44. The largest absolute Gasteiger partial charge is 0.373 e. The van der Waals surface area contributed by atoms with Gasteiger partial charge in [0, 0.05) is 12.7 Å². The molecule has 106 valence electrons. The monoisotopic (exact) mass is 264 g/mol. The smallest absolute Gasteiger partial charge is 0.254 e. The fourth-order valence-electron chi connectivity index (χ4n) is 3.04. The van der Waals surface area contributed by atoms with E-state index in [0.29, 0.717) is 11.7 Å². The molecule has 1 aliphatic rings. The molecule has 0 bridgehead atoms. The third-order valence-corrected chi connectivity index (χ3v) is 4.21. The number of aromatic nitrogens is 2. The molecule has 1 aliphatic carbocycles. The number of nitrogens with zero attached hydrogens (tertiary/aromatic N) is 1. The van der Waals surface area contributed by atoms with Crippen LogP contribution in [0.1, 0.15) is 62.2 Å². The summed E-state index contributed by atoms with van der Waals surface area (Å²) in [5, 5.41) is 0. The lowest BCUT2D eigenvalue weighted by atomic mass is 9.85. The number of hydrogen-bond acceptors (Lipinski definition) is 3. The first-order valence-electron chi connectivity index (χ1n) is 7.29. The summed E-state index contributed by atoms with van der Waals surface area (Å²) < 4.78 is 5.64. The zero-order valence-corrected chi connectivity index (χ0v) is 12.2. The van der Waals surface area contributed by atoms with E-state index in [9.17, 15) is 4.79 Å². The normalized spacial score (nSPS) is 18.5. The van der Waals surface area contributed by atoms with E-state index in [-0.39, 0.29) is 11.7 Å². The van der Waals surface area contributed by atoms with E-state index in [0.717, 1.165) is 30.5 Å². The Morgan fingerprint density at radius 2 is 2.05 bits per heavy atom. The van der Waals surface area contributed by atoms with Gasteiger partial charge in [-0.25, -0.2) is 4.98 Å². The van der Waals surface area contributed by atoms with Crippen molar-refractivity contribution >= 4 is 0 Å². The molecule has 1 aromatic rings. The SMILES string of the molecule is CCc1nc(C(OC)C2CCCCC2)[nH]c(=O)c1C. The van der Waals surface area contributed by atoms with Crippen LogP contribution in [-0.4, -0.2) is 17.1 Å². The van der Waals surface area contributed by atoms with Crippen LogP contribution >= 0.6 is 0 Å². The van der Waals surface area contributed by atoms with Crippen LogP contribution in [0.5, 0.6) is 0 Å². The van der Waals surface area contributed by atoms with Crippen molar-refractivity contribution < 1.29 is 4.74 Å². The van der Waals surface area contributed by atoms with Crippen molar-refractivity contribution in [2.45, 2.75) is 58.5 Å². The fourth-order valence-corrected chi connectivity index (χ4v) is 3.04. The average molecular weight is 264 g/mol. The lowest BCUT2D eigenvalue weighted by Gasteiger charge is -2.28. The fraction of sp³-hybridized carbons (Fsp3) is 0.733. The van der Waals surface area contributed by atoms with Gasteiger partial charge in [0.1, 0.15) is 11.9 Å². The first-order valence-corrected chi connectivity index (χ1v) is 7.29. The predicted octanol–water partition coefficient (Wildman–Crippen LogP) is 2.91. The highest BCUT2D eigenvalue weighted by molar-refractivity contribution is 5.17. The first kappa shape index (κ1) is 14.3. The third kappa shape index (κ3) is 3.06. The van der Waals surface area contributed by atoms with Crippen molar-refractivity contribution in [2.75, 3.05) is 7.11 Å². The predicted molar refractivity (Wildman–Crippen MR) is 75.3 cm³/mol. The Balaban J connectivity index is 2.32. The van der Waals surface area contributed by atoms with E-state index in [2.05, 4.69) is 9.97 Å². The zero-order valence-electron chi connectivity index (χ0n) is 12.2. The van der Waals surface area contributed by atoms with Crippen LogP contribution in [0.3, 0.4) is 0 Å². The Kier molecular flexibility index (Phi) is 4.75. The number of H-pyrrole nitrogens is 1. The molecule has 0 amide bonds. The summed E-state index contributed by atoms with van der Waals surface area (Å²) in [5.41, 5.74) is 1.58. The van der Waals surface area contributed by atoms with Crippen molar-refractivity contribution in [3.05, 3.63) is 27.4 Å². The van der Waals surface area contributed by atoms with Crippen molar-refractivity contribution in [3.63, 3.8) is 0 Å². The van der Waals surface area contributed by atoms with E-state index in [1.54, 1.807) is 7.11 Å². The van der Waals surface area contributed by atoms with Gasteiger partial charge >= 0.3 is 0 Å². The molecule has 1 aromatic heterocycles. The maximum absolute atomic E-state index is 12.0. The Labute approximate surface area is 114 Å². The molecule has 0 aromatic carbocycles. The van der Waals surface area contributed by atoms with Gasteiger partial charge < -0.3 is 9.72 Å². The quantitative estimate of drug-likeness (QED) is 0.909. The standard InChI is InChI=1S/C15H24N2O2/c1-4-12-10(2)15(18)17-14(16-12)13(19-3)11-8-6-5-7-9-11/h11,13H,4-9H2,1-3H3,(H,16,17,18). The van der Waals surface area contributed by atoms with Crippen molar-refractivity contribution in [1.82, 2.24) is 9.97 Å². The van der Waals surface area contributed by atoms with Crippen molar-refractivity contribution in [1.29, 1.82) is 0 Å². The molecule has 19 heavy (non-hydrogen) atoms. The van der Waals surface area contributed by atoms with E-state index in [1.165, 1.54) is 19.3 Å². The second kappa shape index (κ2) is 6.33. The molecule has 0 aliphatic heterocycles. The third-order valence-electron chi connectivity index (χ3n) is 4.21. The summed E-state index contributed by atoms with van der Waals surface area (Å²) in [6, 6.07) is 0. The van der Waals surface area contributed by atoms with Crippen LogP contribution in [0.4, 0.5) is 0 Å². The summed E-state index contributed by atoms with van der Waals surface area (Å²) in [5.74, 6) is 1.19. The number of hydrogen-bond donors (Lipinski definition) is 1. The summed E-state index contributed by atoms with van der Waals surface area (Å²) in [6.45, 7) is 3.86. The number of methoxy groups -OCH3 is 1. The van der Waals surface area contributed by atoms with Gasteiger partial charge in [-0.3, -0.25) is 4.79 Å². The van der Waals surface area contributed by atoms with Gasteiger partial charge in [0.05, 0.1) is 5.69 Å². The van der Waals surface area contributed by atoms with Crippen LogP contribution in [0.25, 0.3) is 0 Å². The summed E-state index contributed by atoms with van der Waals surface area (Å²) in [6.07, 6.45) is 6.85. The molecule has 1 atom stereocenters. The number of nitrogens with one attached hydrogen (secondary N) is 1. The van der Waals surface area contributed by atoms with Gasteiger partial charge in [-0.05, 0) is 32.1 Å². The topological polar surface area (TPSA) is 55.0 Å². The molecule has 4 heteroatoms.